The minimum Gasteiger partial charge on any atom is -0.452 e. The number of hydrogen-bond acceptors (Lipinski definition) is 8. The Bertz CT molecular complexity index is 1430. The number of benzene rings is 2. The van der Waals surface area contributed by atoms with Crippen molar-refractivity contribution >= 4 is 39.0 Å². The fourth-order valence-corrected chi connectivity index (χ4v) is 4.39. The standard InChI is InChI=1S/C19H12ClF2N5O3S2/c20-10-1-2-14(11(6-10)9-3-4-25-15(23)5-9)30-17-13(21)7-12(19-26-8-27-31-19)16(22)18(17)32(24,28)29/h1-8H,(H2,23,25)(H2,24,28,29). The van der Waals surface area contributed by atoms with Crippen LogP contribution in [0.4, 0.5) is 14.6 Å². The van der Waals surface area contributed by atoms with Gasteiger partial charge in [0, 0.05) is 16.8 Å². The van der Waals surface area contributed by atoms with E-state index in [1.807, 2.05) is 0 Å². The van der Waals surface area contributed by atoms with Gasteiger partial charge in [0.1, 0.15) is 22.9 Å². The molecule has 8 nitrogen and oxygen atoms in total. The third-order valence-corrected chi connectivity index (χ3v) is 6.12. The second-order valence-corrected chi connectivity index (χ2v) is 9.10. The Morgan fingerprint density at radius 3 is 2.50 bits per heavy atom. The van der Waals surface area contributed by atoms with Gasteiger partial charge in [-0.3, -0.25) is 0 Å². The minimum absolute atomic E-state index is 0.0214. The van der Waals surface area contributed by atoms with E-state index in [4.69, 9.17) is 27.2 Å². The Kier molecular flexibility index (Phi) is 5.77. The number of hydrogen-bond donors (Lipinski definition) is 2. The average Bonchev–Trinajstić information content (AvgIpc) is 3.25. The van der Waals surface area contributed by atoms with Crippen molar-refractivity contribution < 1.29 is 21.9 Å². The Balaban J connectivity index is 1.92. The number of nitrogens with zero attached hydrogens (tertiary/aromatic N) is 3. The Hall–Kier alpha value is -3.19. The maximum Gasteiger partial charge on any atom is 0.244 e. The summed E-state index contributed by atoms with van der Waals surface area (Å²) in [6, 6.07) is 8.16. The number of aromatic nitrogens is 3. The number of sulfonamides is 1. The van der Waals surface area contributed by atoms with Gasteiger partial charge in [0.25, 0.3) is 0 Å². The van der Waals surface area contributed by atoms with Gasteiger partial charge in [-0.15, -0.1) is 0 Å². The highest BCUT2D eigenvalue weighted by Crippen LogP contribution is 2.42. The van der Waals surface area contributed by atoms with Gasteiger partial charge in [-0.1, -0.05) is 11.6 Å². The molecule has 2 aromatic heterocycles. The Labute approximate surface area is 189 Å². The normalized spacial score (nSPS) is 11.5. The second kappa shape index (κ2) is 8.39. The highest BCUT2D eigenvalue weighted by atomic mass is 35.5. The molecule has 0 saturated heterocycles. The van der Waals surface area contributed by atoms with Crippen molar-refractivity contribution in [1.29, 1.82) is 0 Å². The highest BCUT2D eigenvalue weighted by molar-refractivity contribution is 7.89. The van der Waals surface area contributed by atoms with Crippen molar-refractivity contribution in [1.82, 2.24) is 14.3 Å². The monoisotopic (exact) mass is 495 g/mol. The van der Waals surface area contributed by atoms with Crippen LogP contribution in [-0.4, -0.2) is 22.8 Å². The molecule has 0 fully saturated rings. The lowest BCUT2D eigenvalue weighted by Gasteiger charge is -2.16. The molecule has 13 heteroatoms. The van der Waals surface area contributed by atoms with Gasteiger partial charge in [-0.2, -0.15) is 4.37 Å². The largest absolute Gasteiger partial charge is 0.452 e. The molecule has 2 aromatic carbocycles. The lowest BCUT2D eigenvalue weighted by atomic mass is 10.1. The van der Waals surface area contributed by atoms with Crippen molar-refractivity contribution in [3.63, 3.8) is 0 Å². The molecule has 0 bridgehead atoms. The summed E-state index contributed by atoms with van der Waals surface area (Å²) in [5.41, 5.74) is 6.14. The van der Waals surface area contributed by atoms with E-state index < -0.39 is 37.9 Å². The zero-order valence-electron chi connectivity index (χ0n) is 15.8. The predicted octanol–water partition coefficient (Wildman–Crippen LogP) is 4.22. The molecule has 4 aromatic rings. The number of ether oxygens (including phenoxy) is 1. The third-order valence-electron chi connectivity index (χ3n) is 4.25. The Morgan fingerprint density at radius 2 is 1.84 bits per heavy atom. The first-order valence-electron chi connectivity index (χ1n) is 8.66. The van der Waals surface area contributed by atoms with Crippen LogP contribution >= 0.6 is 23.1 Å². The number of nitrogen functional groups attached to an aromatic ring is 1. The highest BCUT2D eigenvalue weighted by Gasteiger charge is 2.30. The molecule has 0 aliphatic heterocycles. The first kappa shape index (κ1) is 22.0. The first-order chi connectivity index (χ1) is 15.1. The average molecular weight is 496 g/mol. The van der Waals surface area contributed by atoms with Gasteiger partial charge in [-0.05, 0) is 53.5 Å². The maximum absolute atomic E-state index is 15.2. The van der Waals surface area contributed by atoms with Crippen LogP contribution in [0.15, 0.2) is 53.8 Å². The summed E-state index contributed by atoms with van der Waals surface area (Å²) in [5, 5.41) is 5.49. The zero-order valence-corrected chi connectivity index (χ0v) is 18.2. The summed E-state index contributed by atoms with van der Waals surface area (Å²) in [6.45, 7) is 0. The van der Waals surface area contributed by atoms with E-state index in [0.29, 0.717) is 16.1 Å². The van der Waals surface area contributed by atoms with Crippen molar-refractivity contribution in [3.8, 4) is 33.2 Å². The molecule has 4 N–H and O–H groups in total. The topological polar surface area (TPSA) is 134 Å². The molecule has 0 radical (unpaired) electrons. The number of primary sulfonamides is 1. The van der Waals surface area contributed by atoms with E-state index >= 15 is 8.78 Å². The quantitative estimate of drug-likeness (QED) is 0.423. The van der Waals surface area contributed by atoms with E-state index in [1.54, 1.807) is 6.07 Å². The van der Waals surface area contributed by atoms with Crippen LogP contribution in [0, 0.1) is 11.6 Å². The van der Waals surface area contributed by atoms with Crippen LogP contribution in [-0.2, 0) is 10.0 Å². The summed E-state index contributed by atoms with van der Waals surface area (Å²) in [6.07, 6.45) is 2.56. The molecular weight excluding hydrogens is 484 g/mol. The van der Waals surface area contributed by atoms with Gasteiger partial charge in [-0.25, -0.2) is 32.3 Å². The molecule has 0 amide bonds. The summed E-state index contributed by atoms with van der Waals surface area (Å²) < 4.78 is 64.0. The number of pyridine rings is 1. The van der Waals surface area contributed by atoms with Gasteiger partial charge < -0.3 is 10.5 Å². The summed E-state index contributed by atoms with van der Waals surface area (Å²) in [7, 11) is -4.75. The van der Waals surface area contributed by atoms with Gasteiger partial charge in [0.15, 0.2) is 22.3 Å². The van der Waals surface area contributed by atoms with E-state index in [9.17, 15) is 8.42 Å². The van der Waals surface area contributed by atoms with Crippen LogP contribution < -0.4 is 15.6 Å². The van der Waals surface area contributed by atoms with E-state index in [-0.39, 0.29) is 16.6 Å². The number of halogens is 3. The predicted molar refractivity (Wildman–Crippen MR) is 116 cm³/mol. The smallest absolute Gasteiger partial charge is 0.244 e. The van der Waals surface area contributed by atoms with Gasteiger partial charge in [0.2, 0.25) is 10.0 Å². The SMILES string of the molecule is Nc1cc(-c2cc(Cl)ccc2Oc2c(F)cc(-c3ncns3)c(F)c2S(N)(=O)=O)ccn1. The van der Waals surface area contributed by atoms with Crippen LogP contribution in [0.2, 0.25) is 5.02 Å². The van der Waals surface area contributed by atoms with Gasteiger partial charge >= 0.3 is 0 Å². The fourth-order valence-electron chi connectivity index (χ4n) is 2.93. The first-order valence-corrected chi connectivity index (χ1v) is 11.4. The second-order valence-electron chi connectivity index (χ2n) is 6.38. The van der Waals surface area contributed by atoms with E-state index in [0.717, 1.165) is 23.9 Å². The third kappa shape index (κ3) is 4.25. The molecule has 2 heterocycles. The Morgan fingerprint density at radius 1 is 1.06 bits per heavy atom. The molecule has 0 atom stereocenters. The summed E-state index contributed by atoms with van der Waals surface area (Å²) in [5.74, 6) is -3.23. The molecule has 0 aliphatic carbocycles. The van der Waals surface area contributed by atoms with Crippen molar-refractivity contribution in [3.05, 3.63) is 65.6 Å². The summed E-state index contributed by atoms with van der Waals surface area (Å²) >= 11 is 6.84. The lowest BCUT2D eigenvalue weighted by Crippen LogP contribution is -2.17. The van der Waals surface area contributed by atoms with Crippen LogP contribution in [0.5, 0.6) is 11.5 Å². The van der Waals surface area contributed by atoms with Gasteiger partial charge in [0.05, 0.1) is 5.56 Å². The molecule has 0 spiro atoms. The number of nitrogens with two attached hydrogens (primary N) is 2. The maximum atomic E-state index is 15.2. The molecule has 32 heavy (non-hydrogen) atoms. The lowest BCUT2D eigenvalue weighted by molar-refractivity contribution is 0.418. The number of rotatable bonds is 5. The van der Waals surface area contributed by atoms with Crippen molar-refractivity contribution in [2.45, 2.75) is 4.90 Å². The van der Waals surface area contributed by atoms with Crippen molar-refractivity contribution in [2.75, 3.05) is 5.73 Å². The van der Waals surface area contributed by atoms with Crippen LogP contribution in [0.3, 0.4) is 0 Å². The molecular formula is C19H12ClF2N5O3S2. The fraction of sp³-hybridized carbons (Fsp3) is 0. The number of anilines is 1. The van der Waals surface area contributed by atoms with E-state index in [2.05, 4.69) is 14.3 Å². The minimum atomic E-state index is -4.75. The molecule has 0 aliphatic rings. The van der Waals surface area contributed by atoms with Crippen LogP contribution in [0.1, 0.15) is 0 Å². The molecule has 0 saturated carbocycles. The molecule has 0 unspecified atom stereocenters. The summed E-state index contributed by atoms with van der Waals surface area (Å²) in [4.78, 5) is 6.53. The van der Waals surface area contributed by atoms with Crippen LogP contribution in [0.25, 0.3) is 21.7 Å². The van der Waals surface area contributed by atoms with E-state index in [1.165, 1.54) is 30.5 Å². The molecule has 4 rings (SSSR count). The van der Waals surface area contributed by atoms with Crippen molar-refractivity contribution in [2.24, 2.45) is 5.14 Å². The molecule has 164 valence electrons. The zero-order chi connectivity index (χ0) is 23.0.